The van der Waals surface area contributed by atoms with Crippen molar-refractivity contribution in [2.24, 2.45) is 0 Å². The SMILES string of the molecule is CCOC(=O)c1cnc2c(C)cc(C)cc2c1NCc1ccc(Cl)cc1. The fourth-order valence-electron chi connectivity index (χ4n) is 3.01. The number of aryl methyl sites for hydroxylation is 2. The number of esters is 1. The lowest BCUT2D eigenvalue weighted by atomic mass is 10.0. The van der Waals surface area contributed by atoms with Gasteiger partial charge in [0.25, 0.3) is 0 Å². The third-order valence-electron chi connectivity index (χ3n) is 4.18. The molecule has 1 aromatic heterocycles. The molecule has 1 heterocycles. The van der Waals surface area contributed by atoms with Crippen molar-refractivity contribution in [2.75, 3.05) is 11.9 Å². The summed E-state index contributed by atoms with van der Waals surface area (Å²) >= 11 is 5.95. The molecule has 0 spiro atoms. The summed E-state index contributed by atoms with van der Waals surface area (Å²) in [6.07, 6.45) is 1.59. The molecule has 3 rings (SSSR count). The molecule has 0 saturated heterocycles. The fraction of sp³-hybridized carbons (Fsp3) is 0.238. The Kier molecular flexibility index (Phi) is 5.43. The van der Waals surface area contributed by atoms with E-state index in [4.69, 9.17) is 16.3 Å². The lowest BCUT2D eigenvalue weighted by Gasteiger charge is -2.16. The van der Waals surface area contributed by atoms with Crippen molar-refractivity contribution in [3.8, 4) is 0 Å². The second-order valence-electron chi connectivity index (χ2n) is 6.23. The number of carbonyl (C=O) groups excluding carboxylic acids is 1. The molecule has 0 aliphatic carbocycles. The maximum atomic E-state index is 12.4. The van der Waals surface area contributed by atoms with Crippen LogP contribution in [0.4, 0.5) is 5.69 Å². The molecule has 26 heavy (non-hydrogen) atoms. The van der Waals surface area contributed by atoms with Gasteiger partial charge in [0.1, 0.15) is 5.56 Å². The quantitative estimate of drug-likeness (QED) is 0.621. The summed E-state index contributed by atoms with van der Waals surface area (Å²) < 4.78 is 5.21. The molecular weight excluding hydrogens is 348 g/mol. The summed E-state index contributed by atoms with van der Waals surface area (Å²) in [5.41, 5.74) is 5.33. The number of pyridine rings is 1. The number of nitrogens with one attached hydrogen (secondary N) is 1. The van der Waals surface area contributed by atoms with Crippen molar-refractivity contribution in [3.63, 3.8) is 0 Å². The van der Waals surface area contributed by atoms with Crippen molar-refractivity contribution in [3.05, 3.63) is 69.9 Å². The minimum atomic E-state index is -0.375. The molecule has 4 nitrogen and oxygen atoms in total. The first-order chi connectivity index (χ1) is 12.5. The molecule has 5 heteroatoms. The Hall–Kier alpha value is -2.59. The molecule has 134 valence electrons. The largest absolute Gasteiger partial charge is 0.462 e. The maximum absolute atomic E-state index is 12.4. The standard InChI is InChI=1S/C21H21ClN2O2/c1-4-26-21(25)18-12-24-19-14(3)9-13(2)10-17(19)20(18)23-11-15-5-7-16(22)8-6-15/h5-10,12H,4,11H2,1-3H3,(H,23,24). The number of anilines is 1. The number of benzene rings is 2. The topological polar surface area (TPSA) is 51.2 Å². The smallest absolute Gasteiger partial charge is 0.341 e. The summed E-state index contributed by atoms with van der Waals surface area (Å²) in [4.78, 5) is 16.9. The first kappa shape index (κ1) is 18.2. The van der Waals surface area contributed by atoms with E-state index < -0.39 is 0 Å². The van der Waals surface area contributed by atoms with E-state index in [1.165, 1.54) is 0 Å². The first-order valence-electron chi connectivity index (χ1n) is 8.55. The Morgan fingerprint density at radius 1 is 1.19 bits per heavy atom. The van der Waals surface area contributed by atoms with Gasteiger partial charge < -0.3 is 10.1 Å². The predicted octanol–water partition coefficient (Wildman–Crippen LogP) is 5.29. The molecule has 2 aromatic carbocycles. The number of aromatic nitrogens is 1. The lowest BCUT2D eigenvalue weighted by Crippen LogP contribution is -2.11. The van der Waals surface area contributed by atoms with Gasteiger partial charge in [0.15, 0.2) is 0 Å². The van der Waals surface area contributed by atoms with Crippen LogP contribution in [0.25, 0.3) is 10.9 Å². The number of carbonyl (C=O) groups is 1. The van der Waals surface area contributed by atoms with Crippen LogP contribution in [0.1, 0.15) is 34.0 Å². The second kappa shape index (κ2) is 7.75. The van der Waals surface area contributed by atoms with Crippen molar-refractivity contribution >= 4 is 34.2 Å². The van der Waals surface area contributed by atoms with E-state index in [-0.39, 0.29) is 5.97 Å². The summed E-state index contributed by atoms with van der Waals surface area (Å²) in [6, 6.07) is 11.7. The van der Waals surface area contributed by atoms with Crippen LogP contribution < -0.4 is 5.32 Å². The van der Waals surface area contributed by atoms with Crippen molar-refractivity contribution in [1.82, 2.24) is 4.98 Å². The Balaban J connectivity index is 2.07. The van der Waals surface area contributed by atoms with E-state index in [0.29, 0.717) is 23.7 Å². The molecule has 0 fully saturated rings. The Labute approximate surface area is 158 Å². The molecule has 3 aromatic rings. The number of halogens is 1. The van der Waals surface area contributed by atoms with Gasteiger partial charge in [0.05, 0.1) is 17.8 Å². The maximum Gasteiger partial charge on any atom is 0.341 e. The van der Waals surface area contributed by atoms with Gasteiger partial charge in [-0.2, -0.15) is 0 Å². The average molecular weight is 369 g/mol. The summed E-state index contributed by atoms with van der Waals surface area (Å²) in [5.74, 6) is -0.375. The highest BCUT2D eigenvalue weighted by Crippen LogP contribution is 2.30. The van der Waals surface area contributed by atoms with Gasteiger partial charge >= 0.3 is 5.97 Å². The van der Waals surface area contributed by atoms with E-state index in [0.717, 1.165) is 33.3 Å². The Morgan fingerprint density at radius 3 is 2.62 bits per heavy atom. The second-order valence-corrected chi connectivity index (χ2v) is 6.66. The first-order valence-corrected chi connectivity index (χ1v) is 8.92. The summed E-state index contributed by atoms with van der Waals surface area (Å²) in [5, 5.41) is 5.02. The molecule has 0 saturated carbocycles. The molecule has 0 unspecified atom stereocenters. The van der Waals surface area contributed by atoms with Crippen LogP contribution in [0, 0.1) is 13.8 Å². The van der Waals surface area contributed by atoms with Crippen LogP contribution in [0.3, 0.4) is 0 Å². The molecule has 1 N–H and O–H groups in total. The highest BCUT2D eigenvalue weighted by molar-refractivity contribution is 6.30. The zero-order chi connectivity index (χ0) is 18.7. The van der Waals surface area contributed by atoms with Gasteiger partial charge in [-0.05, 0) is 50.1 Å². The third-order valence-corrected chi connectivity index (χ3v) is 4.44. The number of rotatable bonds is 5. The molecule has 0 radical (unpaired) electrons. The van der Waals surface area contributed by atoms with E-state index in [2.05, 4.69) is 16.4 Å². The van der Waals surface area contributed by atoms with Crippen LogP contribution in [0.5, 0.6) is 0 Å². The van der Waals surface area contributed by atoms with E-state index in [1.807, 2.05) is 44.2 Å². The van der Waals surface area contributed by atoms with Gasteiger partial charge in [-0.25, -0.2) is 4.79 Å². The van der Waals surface area contributed by atoms with Gasteiger partial charge in [-0.3, -0.25) is 4.98 Å². The summed E-state index contributed by atoms with van der Waals surface area (Å²) in [7, 11) is 0. The highest BCUT2D eigenvalue weighted by Gasteiger charge is 2.17. The lowest BCUT2D eigenvalue weighted by molar-refractivity contribution is 0.0527. The van der Waals surface area contributed by atoms with E-state index >= 15 is 0 Å². The van der Waals surface area contributed by atoms with Crippen LogP contribution in [-0.2, 0) is 11.3 Å². The van der Waals surface area contributed by atoms with Crippen LogP contribution in [0.15, 0.2) is 42.6 Å². The van der Waals surface area contributed by atoms with Gasteiger partial charge in [0.2, 0.25) is 0 Å². The fourth-order valence-corrected chi connectivity index (χ4v) is 3.13. The molecule has 0 aliphatic heterocycles. The minimum Gasteiger partial charge on any atom is -0.462 e. The number of fused-ring (bicyclic) bond motifs is 1. The van der Waals surface area contributed by atoms with Crippen molar-refractivity contribution < 1.29 is 9.53 Å². The van der Waals surface area contributed by atoms with Gasteiger partial charge in [-0.15, -0.1) is 0 Å². The number of hydrogen-bond acceptors (Lipinski definition) is 4. The molecule has 0 aliphatic rings. The highest BCUT2D eigenvalue weighted by atomic mass is 35.5. The van der Waals surface area contributed by atoms with E-state index in [9.17, 15) is 4.79 Å². The molecule has 0 amide bonds. The summed E-state index contributed by atoms with van der Waals surface area (Å²) in [6.45, 7) is 6.74. The van der Waals surface area contributed by atoms with Crippen LogP contribution in [0.2, 0.25) is 5.02 Å². The average Bonchev–Trinajstić information content (AvgIpc) is 2.61. The normalized spacial score (nSPS) is 10.8. The monoisotopic (exact) mass is 368 g/mol. The number of nitrogens with zero attached hydrogens (tertiary/aromatic N) is 1. The van der Waals surface area contributed by atoms with Gasteiger partial charge in [0, 0.05) is 23.2 Å². The van der Waals surface area contributed by atoms with Gasteiger partial charge in [-0.1, -0.05) is 35.4 Å². The molecular formula is C21H21ClN2O2. The van der Waals surface area contributed by atoms with Crippen molar-refractivity contribution in [1.29, 1.82) is 0 Å². The molecule has 0 bridgehead atoms. The zero-order valence-corrected chi connectivity index (χ0v) is 15.9. The van der Waals surface area contributed by atoms with Crippen molar-refractivity contribution in [2.45, 2.75) is 27.3 Å². The number of hydrogen-bond donors (Lipinski definition) is 1. The Morgan fingerprint density at radius 2 is 1.92 bits per heavy atom. The Bertz CT molecular complexity index is 952. The van der Waals surface area contributed by atoms with Crippen LogP contribution in [-0.4, -0.2) is 17.6 Å². The molecule has 0 atom stereocenters. The minimum absolute atomic E-state index is 0.320. The number of ether oxygens (including phenoxy) is 1. The zero-order valence-electron chi connectivity index (χ0n) is 15.1. The third kappa shape index (κ3) is 3.81. The van der Waals surface area contributed by atoms with E-state index in [1.54, 1.807) is 13.1 Å². The van der Waals surface area contributed by atoms with Crippen LogP contribution >= 0.6 is 11.6 Å². The predicted molar refractivity (Wildman–Crippen MR) is 106 cm³/mol.